The summed E-state index contributed by atoms with van der Waals surface area (Å²) in [5, 5.41) is -0.159. The van der Waals surface area contributed by atoms with Gasteiger partial charge in [-0.05, 0) is 60.3 Å². The first-order valence-electron chi connectivity index (χ1n) is 9.39. The zero-order chi connectivity index (χ0) is 23.3. The Kier molecular flexibility index (Phi) is 9.99. The highest BCUT2D eigenvalue weighted by atomic mass is 32.2. The molecule has 0 heterocycles. The average Bonchev–Trinajstić information content (AvgIpc) is 2.78. The molecule has 0 aliphatic carbocycles. The Labute approximate surface area is 188 Å². The number of hydrogen-bond acceptors (Lipinski definition) is 8. The van der Waals surface area contributed by atoms with E-state index in [-0.39, 0.29) is 31.4 Å². The Morgan fingerprint density at radius 3 is 2.09 bits per heavy atom. The van der Waals surface area contributed by atoms with Gasteiger partial charge < -0.3 is 18.9 Å². The van der Waals surface area contributed by atoms with Gasteiger partial charge in [-0.15, -0.1) is 0 Å². The normalized spacial score (nSPS) is 10.0. The number of halogens is 1. The number of hydrogen-bond donors (Lipinski definition) is 0. The third kappa shape index (κ3) is 8.65. The molecule has 0 N–H and O–H groups in total. The smallest absolute Gasteiger partial charge is 0.366 e. The van der Waals surface area contributed by atoms with Gasteiger partial charge >= 0.3 is 11.9 Å². The van der Waals surface area contributed by atoms with Crippen LogP contribution in [-0.4, -0.2) is 36.9 Å². The molecule has 9 heteroatoms. The van der Waals surface area contributed by atoms with Crippen LogP contribution in [-0.2, 0) is 19.1 Å². The van der Waals surface area contributed by atoms with Crippen molar-refractivity contribution in [2.24, 2.45) is 0 Å². The topological polar surface area (TPSA) is 88.1 Å². The predicted molar refractivity (Wildman–Crippen MR) is 116 cm³/mol. The molecule has 0 aliphatic heterocycles. The van der Waals surface area contributed by atoms with Crippen LogP contribution >= 0.6 is 11.8 Å². The molecule has 0 bridgehead atoms. The van der Waals surface area contributed by atoms with Crippen LogP contribution in [0.4, 0.5) is 4.39 Å². The Morgan fingerprint density at radius 1 is 0.906 bits per heavy atom. The first-order chi connectivity index (χ1) is 15.4. The minimum Gasteiger partial charge on any atom is -0.493 e. The summed E-state index contributed by atoms with van der Waals surface area (Å²) in [5.74, 6) is -1.69. The number of carbonyl (C=O) groups excluding carboxylic acids is 3. The summed E-state index contributed by atoms with van der Waals surface area (Å²) in [6.07, 6.45) is 1.16. The zero-order valence-electron chi connectivity index (χ0n) is 17.1. The van der Waals surface area contributed by atoms with E-state index in [1.165, 1.54) is 0 Å². The first-order valence-corrected chi connectivity index (χ1v) is 10.2. The summed E-state index contributed by atoms with van der Waals surface area (Å²) >= 11 is 1.05. The lowest BCUT2D eigenvalue weighted by Gasteiger charge is -2.08. The van der Waals surface area contributed by atoms with Crippen molar-refractivity contribution in [2.45, 2.75) is 11.3 Å². The highest BCUT2D eigenvalue weighted by Gasteiger charge is 2.10. The van der Waals surface area contributed by atoms with Crippen LogP contribution in [0.5, 0.6) is 11.5 Å². The summed E-state index contributed by atoms with van der Waals surface area (Å²) in [4.78, 5) is 35.3. The van der Waals surface area contributed by atoms with E-state index in [0.29, 0.717) is 17.1 Å². The lowest BCUT2D eigenvalue weighted by molar-refractivity contribution is -0.141. The second-order valence-electron chi connectivity index (χ2n) is 6.03. The van der Waals surface area contributed by atoms with Crippen LogP contribution in [0.2, 0.25) is 0 Å². The van der Waals surface area contributed by atoms with Gasteiger partial charge in [0.05, 0.1) is 19.3 Å². The van der Waals surface area contributed by atoms with Gasteiger partial charge in [0.1, 0.15) is 24.7 Å². The molecule has 2 aromatic rings. The standard InChI is InChI=1S/C23H21FO7S/c1-3-28-21(25)12-13-29-19-8-10-20(11-9-19)32-23(27)17-4-6-18(7-5-17)30-14-15-31-22(26)16(2)24/h3-11H,1-2,12-15H2. The molecule has 2 rings (SSSR count). The van der Waals surface area contributed by atoms with Crippen LogP contribution in [0, 0.1) is 0 Å². The molecule has 0 fully saturated rings. The average molecular weight is 460 g/mol. The Morgan fingerprint density at radius 2 is 1.50 bits per heavy atom. The first kappa shape index (κ1) is 24.7. The molecule has 0 saturated carbocycles. The van der Waals surface area contributed by atoms with E-state index < -0.39 is 17.8 Å². The lowest BCUT2D eigenvalue weighted by Crippen LogP contribution is -2.12. The van der Waals surface area contributed by atoms with Crippen molar-refractivity contribution in [3.05, 3.63) is 79.3 Å². The third-order valence-electron chi connectivity index (χ3n) is 3.72. The van der Waals surface area contributed by atoms with Crippen molar-refractivity contribution in [1.29, 1.82) is 0 Å². The molecule has 0 radical (unpaired) electrons. The van der Waals surface area contributed by atoms with Crippen LogP contribution in [0.1, 0.15) is 16.8 Å². The Hall–Kier alpha value is -3.59. The maximum atomic E-state index is 12.5. The van der Waals surface area contributed by atoms with Gasteiger partial charge in [-0.2, -0.15) is 4.39 Å². The van der Waals surface area contributed by atoms with Crippen molar-refractivity contribution < 1.29 is 37.7 Å². The molecular weight excluding hydrogens is 439 g/mol. The van der Waals surface area contributed by atoms with Crippen LogP contribution in [0.3, 0.4) is 0 Å². The van der Waals surface area contributed by atoms with Crippen molar-refractivity contribution in [2.75, 3.05) is 19.8 Å². The molecule has 0 atom stereocenters. The summed E-state index contributed by atoms with van der Waals surface area (Å²) < 4.78 is 32.5. The van der Waals surface area contributed by atoms with Crippen molar-refractivity contribution >= 4 is 28.8 Å². The maximum Gasteiger partial charge on any atom is 0.366 e. The number of benzene rings is 2. The van der Waals surface area contributed by atoms with Gasteiger partial charge in [0.2, 0.25) is 10.9 Å². The fourth-order valence-corrected chi connectivity index (χ4v) is 2.97. The van der Waals surface area contributed by atoms with Gasteiger partial charge in [-0.3, -0.25) is 9.59 Å². The van der Waals surface area contributed by atoms with E-state index in [4.69, 9.17) is 9.47 Å². The largest absolute Gasteiger partial charge is 0.493 e. The quantitative estimate of drug-likeness (QED) is 0.151. The van der Waals surface area contributed by atoms with Crippen LogP contribution in [0.15, 0.2) is 78.7 Å². The number of esters is 2. The second kappa shape index (κ2) is 13.0. The van der Waals surface area contributed by atoms with Crippen LogP contribution in [0.25, 0.3) is 0 Å². The number of thioether (sulfide) groups is 1. The Bertz CT molecular complexity index is 955. The molecule has 0 amide bonds. The van der Waals surface area contributed by atoms with Gasteiger partial charge in [0.25, 0.3) is 0 Å². The Balaban J connectivity index is 1.77. The van der Waals surface area contributed by atoms with E-state index >= 15 is 0 Å². The lowest BCUT2D eigenvalue weighted by atomic mass is 10.2. The SMILES string of the molecule is C=COC(=O)CCOc1ccc(SC(=O)c2ccc(OCCOC(=O)C(=C)F)cc2)cc1. The zero-order valence-corrected chi connectivity index (χ0v) is 17.9. The fourth-order valence-electron chi connectivity index (χ4n) is 2.23. The summed E-state index contributed by atoms with van der Waals surface area (Å²) in [6, 6.07) is 13.3. The molecule has 0 saturated heterocycles. The van der Waals surface area contributed by atoms with E-state index in [1.54, 1.807) is 48.5 Å². The fraction of sp³-hybridized carbons (Fsp3) is 0.174. The van der Waals surface area contributed by atoms with Crippen molar-refractivity contribution in [1.82, 2.24) is 0 Å². The molecule has 0 aliphatic rings. The summed E-state index contributed by atoms with van der Waals surface area (Å²) in [7, 11) is 0. The molecule has 0 aromatic heterocycles. The third-order valence-corrected chi connectivity index (χ3v) is 4.65. The molecule has 0 unspecified atom stereocenters. The van der Waals surface area contributed by atoms with Gasteiger partial charge in [-0.1, -0.05) is 13.2 Å². The number of carbonyl (C=O) groups is 3. The van der Waals surface area contributed by atoms with Crippen molar-refractivity contribution in [3.63, 3.8) is 0 Å². The molecule has 2 aromatic carbocycles. The highest BCUT2D eigenvalue weighted by Crippen LogP contribution is 2.26. The number of ether oxygens (including phenoxy) is 4. The minimum absolute atomic E-state index is 0.0327. The molecule has 7 nitrogen and oxygen atoms in total. The second-order valence-corrected chi connectivity index (χ2v) is 7.08. The summed E-state index contributed by atoms with van der Waals surface area (Å²) in [6.45, 7) is 6.21. The van der Waals surface area contributed by atoms with Gasteiger partial charge in [-0.25, -0.2) is 4.79 Å². The predicted octanol–water partition coefficient (Wildman–Crippen LogP) is 4.48. The van der Waals surface area contributed by atoms with Crippen molar-refractivity contribution in [3.8, 4) is 11.5 Å². The summed E-state index contributed by atoms with van der Waals surface area (Å²) in [5.41, 5.74) is 0.476. The monoisotopic (exact) mass is 460 g/mol. The molecular formula is C23H21FO7S. The van der Waals surface area contributed by atoms with Crippen LogP contribution < -0.4 is 9.47 Å². The highest BCUT2D eigenvalue weighted by molar-refractivity contribution is 8.14. The van der Waals surface area contributed by atoms with Gasteiger partial charge in [0.15, 0.2) is 0 Å². The van der Waals surface area contributed by atoms with E-state index in [9.17, 15) is 18.8 Å². The number of rotatable bonds is 12. The molecule has 0 spiro atoms. The van der Waals surface area contributed by atoms with Gasteiger partial charge in [0, 0.05) is 10.5 Å². The van der Waals surface area contributed by atoms with E-state index in [0.717, 1.165) is 22.9 Å². The maximum absolute atomic E-state index is 12.5. The van der Waals surface area contributed by atoms with E-state index in [1.807, 2.05) is 0 Å². The minimum atomic E-state index is -1.17. The molecule has 168 valence electrons. The molecule has 32 heavy (non-hydrogen) atoms. The van der Waals surface area contributed by atoms with E-state index in [2.05, 4.69) is 22.6 Å².